The van der Waals surface area contributed by atoms with Crippen molar-refractivity contribution in [1.29, 1.82) is 0 Å². The zero-order chi connectivity index (χ0) is 13.2. The van der Waals surface area contributed by atoms with Crippen LogP contribution in [0.15, 0.2) is 12.1 Å². The van der Waals surface area contributed by atoms with Gasteiger partial charge in [0.25, 0.3) is 0 Å². The zero-order valence-corrected chi connectivity index (χ0v) is 10.6. The highest BCUT2D eigenvalue weighted by Crippen LogP contribution is 2.31. The SMILES string of the molecule is COc1cc(NS(C)(=O)=O)c(Cl)cc1C(=O)O. The Morgan fingerprint density at radius 1 is 1.47 bits per heavy atom. The molecule has 0 unspecified atom stereocenters. The van der Waals surface area contributed by atoms with Crippen LogP contribution in [0.1, 0.15) is 10.4 Å². The molecule has 0 radical (unpaired) electrons. The lowest BCUT2D eigenvalue weighted by molar-refractivity contribution is 0.0693. The Labute approximate surface area is 103 Å². The number of sulfonamides is 1. The molecule has 0 aliphatic rings. The Morgan fingerprint density at radius 3 is 2.47 bits per heavy atom. The maximum atomic E-state index is 11.0. The van der Waals surface area contributed by atoms with Crippen molar-refractivity contribution in [2.24, 2.45) is 0 Å². The molecule has 0 saturated carbocycles. The molecular weight excluding hydrogens is 270 g/mol. The Bertz CT molecular complexity index is 555. The minimum atomic E-state index is -3.50. The lowest BCUT2D eigenvalue weighted by Crippen LogP contribution is -2.11. The molecule has 17 heavy (non-hydrogen) atoms. The number of aromatic carboxylic acids is 1. The Balaban J connectivity index is 3.32. The largest absolute Gasteiger partial charge is 0.496 e. The molecule has 0 saturated heterocycles. The van der Waals surface area contributed by atoms with Crippen molar-refractivity contribution in [1.82, 2.24) is 0 Å². The van der Waals surface area contributed by atoms with Crippen LogP contribution in [0.2, 0.25) is 5.02 Å². The third-order valence-corrected chi connectivity index (χ3v) is 2.72. The topological polar surface area (TPSA) is 92.7 Å². The molecule has 0 atom stereocenters. The Morgan fingerprint density at radius 2 is 2.06 bits per heavy atom. The molecule has 8 heteroatoms. The van der Waals surface area contributed by atoms with E-state index in [1.54, 1.807) is 0 Å². The molecule has 0 fully saturated rings. The summed E-state index contributed by atoms with van der Waals surface area (Å²) in [5.74, 6) is -1.19. The van der Waals surface area contributed by atoms with Crippen LogP contribution in [0.4, 0.5) is 5.69 Å². The number of carbonyl (C=O) groups is 1. The lowest BCUT2D eigenvalue weighted by Gasteiger charge is -2.10. The van der Waals surface area contributed by atoms with Gasteiger partial charge >= 0.3 is 5.97 Å². The van der Waals surface area contributed by atoms with Crippen molar-refractivity contribution in [3.63, 3.8) is 0 Å². The zero-order valence-electron chi connectivity index (χ0n) is 9.02. The van der Waals surface area contributed by atoms with E-state index in [9.17, 15) is 13.2 Å². The van der Waals surface area contributed by atoms with Gasteiger partial charge in [-0.15, -0.1) is 0 Å². The minimum absolute atomic E-state index is 0.0198. The number of methoxy groups -OCH3 is 1. The van der Waals surface area contributed by atoms with Crippen LogP contribution in [-0.2, 0) is 10.0 Å². The molecule has 6 nitrogen and oxygen atoms in total. The molecule has 1 aromatic carbocycles. The highest BCUT2D eigenvalue weighted by atomic mass is 35.5. The van der Waals surface area contributed by atoms with Crippen molar-refractivity contribution < 1.29 is 23.1 Å². The van der Waals surface area contributed by atoms with Gasteiger partial charge in [-0.3, -0.25) is 4.72 Å². The molecule has 0 amide bonds. The van der Waals surface area contributed by atoms with Crippen molar-refractivity contribution in [2.75, 3.05) is 18.1 Å². The third kappa shape index (κ3) is 3.50. The number of nitrogens with one attached hydrogen (secondary N) is 1. The van der Waals surface area contributed by atoms with Gasteiger partial charge in [0, 0.05) is 6.07 Å². The molecule has 0 heterocycles. The third-order valence-electron chi connectivity index (χ3n) is 1.81. The minimum Gasteiger partial charge on any atom is -0.496 e. The smallest absolute Gasteiger partial charge is 0.339 e. The Kier molecular flexibility index (Phi) is 3.84. The second kappa shape index (κ2) is 4.80. The average Bonchev–Trinajstić information content (AvgIpc) is 2.18. The maximum absolute atomic E-state index is 11.0. The van der Waals surface area contributed by atoms with Gasteiger partial charge in [0.15, 0.2) is 0 Å². The van der Waals surface area contributed by atoms with E-state index in [0.29, 0.717) is 0 Å². The number of anilines is 1. The molecule has 0 aromatic heterocycles. The van der Waals surface area contributed by atoms with E-state index in [1.807, 2.05) is 0 Å². The fourth-order valence-electron chi connectivity index (χ4n) is 1.17. The van der Waals surface area contributed by atoms with E-state index >= 15 is 0 Å². The Hall–Kier alpha value is -1.47. The number of hydrogen-bond donors (Lipinski definition) is 2. The average molecular weight is 280 g/mol. The first kappa shape index (κ1) is 13.6. The van der Waals surface area contributed by atoms with Crippen molar-refractivity contribution in [2.45, 2.75) is 0 Å². The fraction of sp³-hybridized carbons (Fsp3) is 0.222. The number of carboxylic acid groups (broad SMARTS) is 1. The molecule has 94 valence electrons. The molecule has 0 aliphatic carbocycles. The summed E-state index contributed by atoms with van der Waals surface area (Å²) >= 11 is 5.76. The number of halogens is 1. The second-order valence-corrected chi connectivity index (χ2v) is 5.37. The van der Waals surface area contributed by atoms with Crippen LogP contribution in [0, 0.1) is 0 Å². The van der Waals surface area contributed by atoms with Crippen molar-refractivity contribution in [3.8, 4) is 5.75 Å². The van der Waals surface area contributed by atoms with Gasteiger partial charge in [0.05, 0.1) is 24.1 Å². The summed E-state index contributed by atoms with van der Waals surface area (Å²) in [4.78, 5) is 10.9. The molecule has 0 bridgehead atoms. The molecule has 0 spiro atoms. The second-order valence-electron chi connectivity index (χ2n) is 3.21. The fourth-order valence-corrected chi connectivity index (χ4v) is 2.00. The standard InChI is InChI=1S/C9H10ClNO5S/c1-16-8-4-7(11-17(2,14)15)6(10)3-5(8)9(12)13/h3-4,11H,1-2H3,(H,12,13). The highest BCUT2D eigenvalue weighted by Gasteiger charge is 2.16. The first-order valence-corrected chi connectivity index (χ1v) is 6.60. The highest BCUT2D eigenvalue weighted by molar-refractivity contribution is 7.92. The summed E-state index contributed by atoms with van der Waals surface area (Å²) < 4.78 is 29.1. The van der Waals surface area contributed by atoms with E-state index in [0.717, 1.165) is 12.3 Å². The van der Waals surface area contributed by atoms with Crippen LogP contribution in [-0.4, -0.2) is 32.9 Å². The van der Waals surface area contributed by atoms with Crippen LogP contribution in [0.25, 0.3) is 0 Å². The summed E-state index contributed by atoms with van der Waals surface area (Å²) in [5, 5.41) is 8.85. The van der Waals surface area contributed by atoms with Crippen LogP contribution >= 0.6 is 11.6 Å². The summed E-state index contributed by atoms with van der Waals surface area (Å²) in [6.45, 7) is 0. The number of rotatable bonds is 4. The molecule has 0 aliphatic heterocycles. The van der Waals surface area contributed by atoms with E-state index in [2.05, 4.69) is 4.72 Å². The number of benzene rings is 1. The van der Waals surface area contributed by atoms with E-state index in [4.69, 9.17) is 21.4 Å². The van der Waals surface area contributed by atoms with Crippen molar-refractivity contribution >= 4 is 33.3 Å². The molecule has 1 rings (SSSR count). The van der Waals surface area contributed by atoms with Gasteiger partial charge in [-0.1, -0.05) is 11.6 Å². The van der Waals surface area contributed by atoms with Crippen molar-refractivity contribution in [3.05, 3.63) is 22.7 Å². The van der Waals surface area contributed by atoms with Gasteiger partial charge in [0.1, 0.15) is 11.3 Å². The van der Waals surface area contributed by atoms with Crippen LogP contribution < -0.4 is 9.46 Å². The van der Waals surface area contributed by atoms with E-state index in [1.165, 1.54) is 13.2 Å². The van der Waals surface area contributed by atoms with Gasteiger partial charge in [-0.25, -0.2) is 13.2 Å². The number of hydrogen-bond acceptors (Lipinski definition) is 4. The number of ether oxygens (including phenoxy) is 1. The monoisotopic (exact) mass is 279 g/mol. The quantitative estimate of drug-likeness (QED) is 0.869. The number of carboxylic acids is 1. The summed E-state index contributed by atoms with van der Waals surface area (Å²) in [5.41, 5.74) is -0.0763. The summed E-state index contributed by atoms with van der Waals surface area (Å²) in [6.07, 6.45) is 0.959. The first-order valence-electron chi connectivity index (χ1n) is 4.33. The maximum Gasteiger partial charge on any atom is 0.339 e. The lowest BCUT2D eigenvalue weighted by atomic mass is 10.2. The predicted molar refractivity (Wildman–Crippen MR) is 63.4 cm³/mol. The molecule has 1 aromatic rings. The molecule has 2 N–H and O–H groups in total. The molecular formula is C9H10ClNO5S. The summed E-state index contributed by atoms with van der Waals surface area (Å²) in [6, 6.07) is 2.34. The normalized spacial score (nSPS) is 11.0. The van der Waals surface area contributed by atoms with Gasteiger partial charge in [0.2, 0.25) is 10.0 Å². The van der Waals surface area contributed by atoms with Crippen LogP contribution in [0.5, 0.6) is 5.75 Å². The predicted octanol–water partition coefficient (Wildman–Crippen LogP) is 1.42. The van der Waals surface area contributed by atoms with Gasteiger partial charge in [-0.2, -0.15) is 0 Å². The van der Waals surface area contributed by atoms with E-state index < -0.39 is 16.0 Å². The van der Waals surface area contributed by atoms with Gasteiger partial charge < -0.3 is 9.84 Å². The van der Waals surface area contributed by atoms with Gasteiger partial charge in [-0.05, 0) is 6.07 Å². The van der Waals surface area contributed by atoms with E-state index in [-0.39, 0.29) is 22.0 Å². The first-order chi connectivity index (χ1) is 7.74. The summed E-state index contributed by atoms with van der Waals surface area (Å²) in [7, 11) is -2.22. The van der Waals surface area contributed by atoms with Crippen LogP contribution in [0.3, 0.4) is 0 Å².